The quantitative estimate of drug-likeness (QED) is 0.817. The number of benzene rings is 1. The lowest BCUT2D eigenvalue weighted by Gasteiger charge is -2.36. The third-order valence-electron chi connectivity index (χ3n) is 5.11. The van der Waals surface area contributed by atoms with Crippen molar-refractivity contribution in [3.8, 4) is 5.75 Å². The van der Waals surface area contributed by atoms with Crippen LogP contribution < -0.4 is 9.64 Å². The molecule has 2 amide bonds. The van der Waals surface area contributed by atoms with Gasteiger partial charge in [-0.25, -0.2) is 0 Å². The number of amides is 2. The maximum absolute atomic E-state index is 13.3. The molecule has 1 unspecified atom stereocenters. The van der Waals surface area contributed by atoms with E-state index in [0.717, 1.165) is 24.0 Å². The van der Waals surface area contributed by atoms with E-state index in [1.54, 1.807) is 24.2 Å². The highest BCUT2D eigenvalue weighted by atomic mass is 16.5. The molecule has 0 saturated heterocycles. The standard InChI is InChI=1S/C21H23N3O3/c1-14-3-6-19-18(11-14)24(20(25)13-27-19)15(2)21(26)23(17-4-5-17)12-16-7-9-22-10-8-16/h3,6-11,15,17H,4-5,12-13H2,1-2H3. The minimum Gasteiger partial charge on any atom is -0.482 e. The summed E-state index contributed by atoms with van der Waals surface area (Å²) in [7, 11) is 0. The average Bonchev–Trinajstić information content (AvgIpc) is 3.51. The molecule has 6 heteroatoms. The Hall–Kier alpha value is -2.89. The van der Waals surface area contributed by atoms with E-state index in [2.05, 4.69) is 4.98 Å². The monoisotopic (exact) mass is 365 g/mol. The molecule has 27 heavy (non-hydrogen) atoms. The summed E-state index contributed by atoms with van der Waals surface area (Å²) in [5.41, 5.74) is 2.74. The minimum atomic E-state index is -0.579. The van der Waals surface area contributed by atoms with Gasteiger partial charge in [0.2, 0.25) is 5.91 Å². The lowest BCUT2D eigenvalue weighted by molar-refractivity contribution is -0.135. The van der Waals surface area contributed by atoms with Gasteiger partial charge >= 0.3 is 0 Å². The number of pyridine rings is 1. The van der Waals surface area contributed by atoms with Crippen LogP contribution in [0.5, 0.6) is 5.75 Å². The summed E-state index contributed by atoms with van der Waals surface area (Å²) in [6.07, 6.45) is 5.49. The van der Waals surface area contributed by atoms with E-state index in [0.29, 0.717) is 18.0 Å². The van der Waals surface area contributed by atoms with Gasteiger partial charge in [-0.1, -0.05) is 6.07 Å². The summed E-state index contributed by atoms with van der Waals surface area (Å²) in [5, 5.41) is 0. The molecule has 1 aliphatic heterocycles. The molecule has 2 aromatic rings. The fourth-order valence-corrected chi connectivity index (χ4v) is 3.51. The molecule has 1 aromatic carbocycles. The lowest BCUT2D eigenvalue weighted by Crippen LogP contribution is -2.52. The molecule has 6 nitrogen and oxygen atoms in total. The van der Waals surface area contributed by atoms with E-state index >= 15 is 0 Å². The lowest BCUT2D eigenvalue weighted by atomic mass is 10.1. The van der Waals surface area contributed by atoms with E-state index in [1.807, 2.05) is 42.2 Å². The Morgan fingerprint density at radius 3 is 2.74 bits per heavy atom. The third-order valence-corrected chi connectivity index (χ3v) is 5.11. The van der Waals surface area contributed by atoms with Crippen molar-refractivity contribution in [2.75, 3.05) is 11.5 Å². The number of aryl methyl sites for hydroxylation is 1. The number of aromatic nitrogens is 1. The first-order valence-corrected chi connectivity index (χ1v) is 9.29. The molecule has 0 bridgehead atoms. The van der Waals surface area contributed by atoms with Crippen molar-refractivity contribution < 1.29 is 14.3 Å². The molecular formula is C21H23N3O3. The molecular weight excluding hydrogens is 342 g/mol. The number of carbonyl (C=O) groups excluding carboxylic acids is 2. The Morgan fingerprint density at radius 1 is 1.30 bits per heavy atom. The fraction of sp³-hybridized carbons (Fsp3) is 0.381. The van der Waals surface area contributed by atoms with Gasteiger partial charge in [-0.15, -0.1) is 0 Å². The van der Waals surface area contributed by atoms with Crippen molar-refractivity contribution in [2.45, 2.75) is 45.3 Å². The van der Waals surface area contributed by atoms with Gasteiger partial charge in [0.1, 0.15) is 11.8 Å². The van der Waals surface area contributed by atoms with E-state index in [4.69, 9.17) is 4.74 Å². The van der Waals surface area contributed by atoms with E-state index in [9.17, 15) is 9.59 Å². The Morgan fingerprint density at radius 2 is 2.04 bits per heavy atom. The first-order valence-electron chi connectivity index (χ1n) is 9.29. The van der Waals surface area contributed by atoms with Crippen molar-refractivity contribution in [2.24, 2.45) is 0 Å². The van der Waals surface area contributed by atoms with Crippen molar-refractivity contribution >= 4 is 17.5 Å². The molecule has 0 spiro atoms. The van der Waals surface area contributed by atoms with Crippen LogP contribution in [0.1, 0.15) is 30.9 Å². The van der Waals surface area contributed by atoms with Crippen molar-refractivity contribution in [3.05, 3.63) is 53.9 Å². The van der Waals surface area contributed by atoms with Crippen LogP contribution in [0.4, 0.5) is 5.69 Å². The summed E-state index contributed by atoms with van der Waals surface area (Å²) < 4.78 is 5.54. The number of fused-ring (bicyclic) bond motifs is 1. The second-order valence-corrected chi connectivity index (χ2v) is 7.25. The summed E-state index contributed by atoms with van der Waals surface area (Å²) in [5.74, 6) is 0.428. The molecule has 1 saturated carbocycles. The van der Waals surface area contributed by atoms with Crippen molar-refractivity contribution in [1.82, 2.24) is 9.88 Å². The number of hydrogen-bond donors (Lipinski definition) is 0. The summed E-state index contributed by atoms with van der Waals surface area (Å²) in [6.45, 7) is 4.26. The van der Waals surface area contributed by atoms with Gasteiger partial charge in [0.05, 0.1) is 5.69 Å². The molecule has 140 valence electrons. The number of anilines is 1. The van der Waals surface area contributed by atoms with Crippen LogP contribution in [0.3, 0.4) is 0 Å². The van der Waals surface area contributed by atoms with E-state index in [1.165, 1.54) is 0 Å². The average molecular weight is 365 g/mol. The third kappa shape index (κ3) is 3.52. The number of hydrogen-bond acceptors (Lipinski definition) is 4. The fourth-order valence-electron chi connectivity index (χ4n) is 3.51. The van der Waals surface area contributed by atoms with Crippen LogP contribution in [0.25, 0.3) is 0 Å². The highest BCUT2D eigenvalue weighted by molar-refractivity contribution is 6.03. The van der Waals surface area contributed by atoms with Gasteiger partial charge < -0.3 is 9.64 Å². The highest BCUT2D eigenvalue weighted by Gasteiger charge is 2.39. The van der Waals surface area contributed by atoms with Crippen LogP contribution in [0, 0.1) is 6.92 Å². The second-order valence-electron chi connectivity index (χ2n) is 7.25. The van der Waals surface area contributed by atoms with Gasteiger partial charge in [-0.2, -0.15) is 0 Å². The maximum atomic E-state index is 13.3. The van der Waals surface area contributed by atoms with Gasteiger partial charge in [0.15, 0.2) is 6.61 Å². The van der Waals surface area contributed by atoms with Crippen LogP contribution in [0.2, 0.25) is 0 Å². The number of carbonyl (C=O) groups is 2. The molecule has 2 aliphatic rings. The maximum Gasteiger partial charge on any atom is 0.265 e. The number of ether oxygens (including phenoxy) is 1. The molecule has 0 N–H and O–H groups in total. The Kier molecular flexibility index (Phi) is 4.56. The smallest absolute Gasteiger partial charge is 0.265 e. The van der Waals surface area contributed by atoms with Crippen molar-refractivity contribution in [1.29, 1.82) is 0 Å². The van der Waals surface area contributed by atoms with Crippen LogP contribution >= 0.6 is 0 Å². The molecule has 0 radical (unpaired) electrons. The zero-order valence-corrected chi connectivity index (χ0v) is 15.6. The van der Waals surface area contributed by atoms with Gasteiger partial charge in [-0.05, 0) is 62.1 Å². The Balaban J connectivity index is 1.61. The SMILES string of the molecule is Cc1ccc2c(c1)N(C(C)C(=O)N(Cc1ccncc1)C1CC1)C(=O)CO2. The molecule has 1 fully saturated rings. The van der Waals surface area contributed by atoms with Crippen LogP contribution in [-0.2, 0) is 16.1 Å². The van der Waals surface area contributed by atoms with E-state index < -0.39 is 6.04 Å². The topological polar surface area (TPSA) is 62.7 Å². The molecule has 1 atom stereocenters. The van der Waals surface area contributed by atoms with E-state index in [-0.39, 0.29) is 24.5 Å². The Bertz CT molecular complexity index is 864. The predicted molar refractivity (Wildman–Crippen MR) is 101 cm³/mol. The van der Waals surface area contributed by atoms with Crippen LogP contribution in [0.15, 0.2) is 42.7 Å². The van der Waals surface area contributed by atoms with Crippen LogP contribution in [-0.4, -0.2) is 40.4 Å². The largest absolute Gasteiger partial charge is 0.482 e. The van der Waals surface area contributed by atoms with Gasteiger partial charge in [-0.3, -0.25) is 19.5 Å². The second kappa shape index (κ2) is 7.02. The molecule has 2 heterocycles. The highest BCUT2D eigenvalue weighted by Crippen LogP contribution is 2.36. The van der Waals surface area contributed by atoms with Crippen molar-refractivity contribution in [3.63, 3.8) is 0 Å². The Labute approximate surface area is 158 Å². The molecule has 1 aromatic heterocycles. The summed E-state index contributed by atoms with van der Waals surface area (Å²) in [6, 6.07) is 9.22. The number of nitrogens with zero attached hydrogens (tertiary/aromatic N) is 3. The summed E-state index contributed by atoms with van der Waals surface area (Å²) in [4.78, 5) is 33.5. The molecule has 4 rings (SSSR count). The van der Waals surface area contributed by atoms with Gasteiger partial charge in [0.25, 0.3) is 5.91 Å². The summed E-state index contributed by atoms with van der Waals surface area (Å²) >= 11 is 0. The zero-order chi connectivity index (χ0) is 19.0. The number of rotatable bonds is 5. The molecule has 1 aliphatic carbocycles. The predicted octanol–water partition coefficient (Wildman–Crippen LogP) is 2.70. The first kappa shape index (κ1) is 17.5. The first-order chi connectivity index (χ1) is 13.0. The normalized spacial score (nSPS) is 17.1. The zero-order valence-electron chi connectivity index (χ0n) is 15.6. The minimum absolute atomic E-state index is 0.0305. The van der Waals surface area contributed by atoms with Gasteiger partial charge in [0, 0.05) is 25.0 Å².